The number of hydrogen-bond acceptors (Lipinski definition) is 8. The molecular weight excluding hydrogens is 424 g/mol. The van der Waals surface area contributed by atoms with Crippen molar-refractivity contribution in [2.45, 2.75) is 57.7 Å². The lowest BCUT2D eigenvalue weighted by Crippen LogP contribution is -2.43. The summed E-state index contributed by atoms with van der Waals surface area (Å²) in [4.78, 5) is 17.6. The predicted octanol–water partition coefficient (Wildman–Crippen LogP) is 3.29. The fourth-order valence-electron chi connectivity index (χ4n) is 3.16. The monoisotopic (exact) mass is 452 g/mol. The Bertz CT molecular complexity index is 1070. The third-order valence-electron chi connectivity index (χ3n) is 4.92. The second kappa shape index (κ2) is 9.53. The number of nitrogens with zero attached hydrogens (tertiary/aromatic N) is 5. The Hall–Kier alpha value is -3.53. The lowest BCUT2D eigenvalue weighted by molar-refractivity contribution is 0.0472. The van der Waals surface area contributed by atoms with Crippen molar-refractivity contribution in [2.75, 3.05) is 6.61 Å². The fraction of sp³-hybridized carbons (Fsp3) is 0.435. The van der Waals surface area contributed by atoms with E-state index in [9.17, 15) is 9.90 Å². The molecule has 1 aromatic carbocycles. The SMILES string of the molecule is CC(C)(C)OC(=O)N[C@H](CO)Cn1nnc(-c2ccc(Oc3ccc(C4CC4)cn3)cc2)n1. The Morgan fingerprint density at radius 3 is 2.58 bits per heavy atom. The minimum atomic E-state index is -0.630. The highest BCUT2D eigenvalue weighted by Crippen LogP contribution is 2.40. The lowest BCUT2D eigenvalue weighted by atomic mass is 10.2. The zero-order chi connectivity index (χ0) is 23.4. The highest BCUT2D eigenvalue weighted by molar-refractivity contribution is 5.68. The third-order valence-corrected chi connectivity index (χ3v) is 4.92. The van der Waals surface area contributed by atoms with Crippen LogP contribution in [0, 0.1) is 0 Å². The first-order chi connectivity index (χ1) is 15.8. The van der Waals surface area contributed by atoms with E-state index in [-0.39, 0.29) is 13.2 Å². The van der Waals surface area contributed by atoms with Crippen LogP contribution in [0.2, 0.25) is 0 Å². The summed E-state index contributed by atoms with van der Waals surface area (Å²) in [5, 5.41) is 24.6. The minimum absolute atomic E-state index is 0.145. The molecule has 10 heteroatoms. The number of nitrogens with one attached hydrogen (secondary N) is 1. The number of amides is 1. The summed E-state index contributed by atoms with van der Waals surface area (Å²) in [6.07, 6.45) is 3.74. The van der Waals surface area contributed by atoms with Crippen molar-refractivity contribution >= 4 is 6.09 Å². The van der Waals surface area contributed by atoms with E-state index in [1.54, 1.807) is 20.8 Å². The summed E-state index contributed by atoms with van der Waals surface area (Å²) in [5.74, 6) is 2.28. The average molecular weight is 453 g/mol. The van der Waals surface area contributed by atoms with Gasteiger partial charge in [0.25, 0.3) is 0 Å². The molecular formula is C23H28N6O4. The van der Waals surface area contributed by atoms with Gasteiger partial charge in [-0.3, -0.25) is 0 Å². The molecule has 2 heterocycles. The number of carbonyl (C=O) groups is 1. The second-order valence-electron chi connectivity index (χ2n) is 9.02. The molecule has 174 valence electrons. The molecule has 0 saturated heterocycles. The van der Waals surface area contributed by atoms with Gasteiger partial charge in [0.05, 0.1) is 19.2 Å². The van der Waals surface area contributed by atoms with Crippen LogP contribution < -0.4 is 10.1 Å². The van der Waals surface area contributed by atoms with Gasteiger partial charge < -0.3 is 19.9 Å². The molecule has 0 bridgehead atoms. The van der Waals surface area contributed by atoms with Crippen LogP contribution in [0.25, 0.3) is 11.4 Å². The molecule has 0 radical (unpaired) electrons. The van der Waals surface area contributed by atoms with Gasteiger partial charge in [0.15, 0.2) is 0 Å². The summed E-state index contributed by atoms with van der Waals surface area (Å²) in [7, 11) is 0. The first-order valence-electron chi connectivity index (χ1n) is 10.9. The largest absolute Gasteiger partial charge is 0.444 e. The minimum Gasteiger partial charge on any atom is -0.444 e. The Balaban J connectivity index is 1.34. The van der Waals surface area contributed by atoms with Crippen LogP contribution in [0.4, 0.5) is 4.79 Å². The van der Waals surface area contributed by atoms with Gasteiger partial charge in [-0.2, -0.15) is 4.80 Å². The van der Waals surface area contributed by atoms with Gasteiger partial charge >= 0.3 is 6.09 Å². The Kier molecular flexibility index (Phi) is 6.55. The fourth-order valence-corrected chi connectivity index (χ4v) is 3.16. The number of pyridine rings is 1. The van der Waals surface area contributed by atoms with Crippen LogP contribution >= 0.6 is 0 Å². The standard InChI is InChI=1S/C23H28N6O4/c1-23(2,3)33-22(31)25-18(14-30)13-29-27-21(26-28-29)16-6-9-19(10-7-16)32-20-11-8-17(12-24-20)15-4-5-15/h6-12,15,18,30H,4-5,13-14H2,1-3H3,(H,25,31)/t18-/m0/s1. The van der Waals surface area contributed by atoms with Gasteiger partial charge in [0.2, 0.25) is 11.7 Å². The summed E-state index contributed by atoms with van der Waals surface area (Å²) in [6, 6.07) is 10.6. The molecule has 0 aliphatic heterocycles. The van der Waals surface area contributed by atoms with E-state index in [4.69, 9.17) is 9.47 Å². The number of carbonyl (C=O) groups excluding carboxylic acids is 1. The Morgan fingerprint density at radius 2 is 1.97 bits per heavy atom. The molecule has 1 fully saturated rings. The Morgan fingerprint density at radius 1 is 1.21 bits per heavy atom. The summed E-state index contributed by atoms with van der Waals surface area (Å²) in [6.45, 7) is 5.15. The smallest absolute Gasteiger partial charge is 0.408 e. The van der Waals surface area contributed by atoms with Crippen LogP contribution in [-0.2, 0) is 11.3 Å². The van der Waals surface area contributed by atoms with Crippen LogP contribution in [0.5, 0.6) is 11.6 Å². The van der Waals surface area contributed by atoms with Crippen molar-refractivity contribution < 1.29 is 19.4 Å². The number of aliphatic hydroxyl groups is 1. The van der Waals surface area contributed by atoms with Gasteiger partial charge in [-0.1, -0.05) is 6.07 Å². The van der Waals surface area contributed by atoms with E-state index in [0.29, 0.717) is 23.4 Å². The van der Waals surface area contributed by atoms with Crippen molar-refractivity contribution in [1.29, 1.82) is 0 Å². The number of aliphatic hydroxyl groups excluding tert-OH is 1. The predicted molar refractivity (Wildman–Crippen MR) is 120 cm³/mol. The molecule has 3 aromatic rings. The van der Waals surface area contributed by atoms with E-state index in [1.165, 1.54) is 23.2 Å². The molecule has 1 amide bonds. The Labute approximate surface area is 191 Å². The lowest BCUT2D eigenvalue weighted by Gasteiger charge is -2.22. The summed E-state index contributed by atoms with van der Waals surface area (Å²) < 4.78 is 11.0. The molecule has 4 rings (SSSR count). The van der Waals surface area contributed by atoms with Gasteiger partial charge in [0.1, 0.15) is 11.4 Å². The van der Waals surface area contributed by atoms with Gasteiger partial charge in [-0.15, -0.1) is 10.2 Å². The topological polar surface area (TPSA) is 124 Å². The molecule has 2 N–H and O–H groups in total. The molecule has 2 aromatic heterocycles. The van der Waals surface area contributed by atoms with Crippen molar-refractivity contribution in [1.82, 2.24) is 30.5 Å². The van der Waals surface area contributed by atoms with E-state index < -0.39 is 17.7 Å². The number of ether oxygens (including phenoxy) is 2. The number of alkyl carbamates (subject to hydrolysis) is 1. The molecule has 0 unspecified atom stereocenters. The molecule has 10 nitrogen and oxygen atoms in total. The summed E-state index contributed by atoms with van der Waals surface area (Å²) in [5.41, 5.74) is 1.39. The maximum atomic E-state index is 11.9. The van der Waals surface area contributed by atoms with Crippen molar-refractivity contribution in [2.24, 2.45) is 0 Å². The molecule has 1 aliphatic carbocycles. The molecule has 1 aliphatic rings. The van der Waals surface area contributed by atoms with Crippen LogP contribution in [-0.4, -0.2) is 54.6 Å². The number of aromatic nitrogens is 5. The quantitative estimate of drug-likeness (QED) is 0.533. The van der Waals surface area contributed by atoms with Crippen LogP contribution in [0.3, 0.4) is 0 Å². The van der Waals surface area contributed by atoms with Gasteiger partial charge in [-0.25, -0.2) is 9.78 Å². The molecule has 0 spiro atoms. The van der Waals surface area contributed by atoms with Gasteiger partial charge in [0, 0.05) is 17.8 Å². The van der Waals surface area contributed by atoms with E-state index >= 15 is 0 Å². The third kappa shape index (κ3) is 6.48. The maximum absolute atomic E-state index is 11.9. The molecule has 1 atom stereocenters. The number of benzene rings is 1. The van der Waals surface area contributed by atoms with Crippen molar-refractivity contribution in [3.63, 3.8) is 0 Å². The normalized spacial score (nSPS) is 14.5. The van der Waals surface area contributed by atoms with E-state index in [2.05, 4.69) is 31.8 Å². The molecule has 1 saturated carbocycles. The van der Waals surface area contributed by atoms with Crippen molar-refractivity contribution in [3.05, 3.63) is 48.2 Å². The van der Waals surface area contributed by atoms with Crippen LogP contribution in [0.15, 0.2) is 42.6 Å². The van der Waals surface area contributed by atoms with Crippen LogP contribution in [0.1, 0.15) is 45.1 Å². The zero-order valence-corrected chi connectivity index (χ0v) is 18.9. The first kappa shape index (κ1) is 22.7. The number of rotatable bonds is 8. The van der Waals surface area contributed by atoms with Gasteiger partial charge in [-0.05, 0) is 74.6 Å². The maximum Gasteiger partial charge on any atom is 0.408 e. The number of tetrazole rings is 1. The van der Waals surface area contributed by atoms with Crippen molar-refractivity contribution in [3.8, 4) is 23.0 Å². The first-order valence-corrected chi connectivity index (χ1v) is 10.9. The molecule has 33 heavy (non-hydrogen) atoms. The zero-order valence-electron chi connectivity index (χ0n) is 18.9. The van der Waals surface area contributed by atoms with E-state index in [0.717, 1.165) is 5.56 Å². The van der Waals surface area contributed by atoms with E-state index in [1.807, 2.05) is 36.5 Å². The summed E-state index contributed by atoms with van der Waals surface area (Å²) >= 11 is 0. The highest BCUT2D eigenvalue weighted by Gasteiger charge is 2.23. The average Bonchev–Trinajstić information content (AvgIpc) is 3.52. The second-order valence-corrected chi connectivity index (χ2v) is 9.02. The highest BCUT2D eigenvalue weighted by atomic mass is 16.6. The number of hydrogen-bond donors (Lipinski definition) is 2.